The zero-order valence-corrected chi connectivity index (χ0v) is 14.2. The Kier molecular flexibility index (Phi) is 7.98. The molecule has 3 rings (SSSR count). The van der Waals surface area contributed by atoms with E-state index in [0.717, 1.165) is 0 Å². The standard InChI is InChI=1S/C12H10.C7H8.Na.H/c1-3-7-11(8-4-1)12-9-5-2-6-10-12;1-7-5-3-2-4-6-7;;/h1-10H;2-6H,1H3;;/q;;+1;-1. The Bertz CT molecular complexity index is 542. The van der Waals surface area contributed by atoms with Gasteiger partial charge in [0, 0.05) is 0 Å². The van der Waals surface area contributed by atoms with Gasteiger partial charge in [-0.25, -0.2) is 0 Å². The van der Waals surface area contributed by atoms with Crippen LogP contribution in [0.1, 0.15) is 6.99 Å². The van der Waals surface area contributed by atoms with E-state index in [1.165, 1.54) is 16.7 Å². The molecule has 0 atom stereocenters. The molecule has 0 aliphatic carbocycles. The van der Waals surface area contributed by atoms with Gasteiger partial charge in [0.15, 0.2) is 0 Å². The van der Waals surface area contributed by atoms with Crippen LogP contribution in [-0.4, -0.2) is 0 Å². The molecule has 0 amide bonds. The Morgan fingerprint density at radius 1 is 0.500 bits per heavy atom. The third-order valence-electron chi connectivity index (χ3n) is 2.82. The minimum Gasteiger partial charge on any atom is -1.00 e. The van der Waals surface area contributed by atoms with Crippen LogP contribution < -0.4 is 29.6 Å². The Hall–Kier alpha value is -1.34. The number of hydrogen-bond acceptors (Lipinski definition) is 0. The molecule has 0 radical (unpaired) electrons. The number of aryl methyl sites for hydroxylation is 1. The summed E-state index contributed by atoms with van der Waals surface area (Å²) in [6, 6.07) is 31.0. The number of rotatable bonds is 1. The monoisotopic (exact) mass is 270 g/mol. The molecule has 0 N–H and O–H groups in total. The summed E-state index contributed by atoms with van der Waals surface area (Å²) in [4.78, 5) is 0. The maximum atomic E-state index is 2.12. The molecular formula is C19H19Na. The summed E-state index contributed by atoms with van der Waals surface area (Å²) in [5.41, 5.74) is 3.87. The summed E-state index contributed by atoms with van der Waals surface area (Å²) in [6.07, 6.45) is 0. The van der Waals surface area contributed by atoms with Crippen molar-refractivity contribution in [3.8, 4) is 11.1 Å². The van der Waals surface area contributed by atoms with Crippen molar-refractivity contribution in [3.63, 3.8) is 0 Å². The van der Waals surface area contributed by atoms with Crippen molar-refractivity contribution in [2.75, 3.05) is 0 Å². The first-order chi connectivity index (χ1) is 9.36. The number of benzene rings is 3. The van der Waals surface area contributed by atoms with Crippen molar-refractivity contribution in [1.82, 2.24) is 0 Å². The van der Waals surface area contributed by atoms with E-state index < -0.39 is 0 Å². The molecule has 0 aromatic heterocycles. The predicted molar refractivity (Wildman–Crippen MR) is 84.2 cm³/mol. The molecule has 0 saturated carbocycles. The molecule has 3 aromatic carbocycles. The molecule has 0 aliphatic rings. The Morgan fingerprint density at radius 3 is 1.05 bits per heavy atom. The fourth-order valence-corrected chi connectivity index (χ4v) is 1.80. The largest absolute Gasteiger partial charge is 1.00 e. The summed E-state index contributed by atoms with van der Waals surface area (Å²) in [6.45, 7) is 2.08. The average molecular weight is 270 g/mol. The van der Waals surface area contributed by atoms with Crippen molar-refractivity contribution in [2.24, 2.45) is 0 Å². The summed E-state index contributed by atoms with van der Waals surface area (Å²) in [5, 5.41) is 0. The van der Waals surface area contributed by atoms with Crippen LogP contribution in [0.5, 0.6) is 0 Å². The zero-order valence-electron chi connectivity index (χ0n) is 13.2. The molecule has 0 bridgehead atoms. The van der Waals surface area contributed by atoms with Crippen LogP contribution in [0, 0.1) is 6.92 Å². The minimum absolute atomic E-state index is 0. The van der Waals surface area contributed by atoms with Crippen molar-refractivity contribution in [3.05, 3.63) is 96.6 Å². The molecule has 0 unspecified atom stereocenters. The zero-order chi connectivity index (χ0) is 13.3. The third-order valence-corrected chi connectivity index (χ3v) is 2.82. The molecule has 1 heteroatoms. The molecule has 3 aromatic rings. The normalized spacial score (nSPS) is 8.85. The average Bonchev–Trinajstić information content (AvgIpc) is 2.51. The second-order valence-corrected chi connectivity index (χ2v) is 4.39. The van der Waals surface area contributed by atoms with E-state index >= 15 is 0 Å². The van der Waals surface area contributed by atoms with Crippen molar-refractivity contribution in [2.45, 2.75) is 6.92 Å². The summed E-state index contributed by atoms with van der Waals surface area (Å²) < 4.78 is 0. The Labute approximate surface area is 145 Å². The maximum absolute atomic E-state index is 2.12. The van der Waals surface area contributed by atoms with Gasteiger partial charge >= 0.3 is 29.6 Å². The van der Waals surface area contributed by atoms with Crippen molar-refractivity contribution in [1.29, 1.82) is 0 Å². The fraction of sp³-hybridized carbons (Fsp3) is 0.0526. The predicted octanol–water partition coefficient (Wildman–Crippen LogP) is 2.47. The van der Waals surface area contributed by atoms with E-state index in [1.54, 1.807) is 0 Å². The first kappa shape index (κ1) is 16.7. The van der Waals surface area contributed by atoms with Gasteiger partial charge in [-0.1, -0.05) is 96.6 Å². The summed E-state index contributed by atoms with van der Waals surface area (Å²) >= 11 is 0. The van der Waals surface area contributed by atoms with E-state index in [9.17, 15) is 0 Å². The van der Waals surface area contributed by atoms with Gasteiger partial charge in [0.2, 0.25) is 0 Å². The SMILES string of the molecule is Cc1ccccc1.[H-].[Na+].c1ccc(-c2ccccc2)cc1. The first-order valence-electron chi connectivity index (χ1n) is 6.48. The van der Waals surface area contributed by atoms with Gasteiger partial charge < -0.3 is 1.43 Å². The second-order valence-electron chi connectivity index (χ2n) is 4.39. The van der Waals surface area contributed by atoms with E-state index in [-0.39, 0.29) is 31.0 Å². The van der Waals surface area contributed by atoms with Crippen LogP contribution in [0.15, 0.2) is 91.0 Å². The Morgan fingerprint density at radius 2 is 0.800 bits per heavy atom. The molecule has 0 fully saturated rings. The van der Waals surface area contributed by atoms with Crippen LogP contribution in [0.4, 0.5) is 0 Å². The molecule has 0 nitrogen and oxygen atoms in total. The minimum atomic E-state index is 0. The van der Waals surface area contributed by atoms with E-state index in [0.29, 0.717) is 0 Å². The fourth-order valence-electron chi connectivity index (χ4n) is 1.80. The van der Waals surface area contributed by atoms with Crippen LogP contribution in [-0.2, 0) is 0 Å². The summed E-state index contributed by atoms with van der Waals surface area (Å²) in [5.74, 6) is 0. The second kappa shape index (κ2) is 9.55. The number of hydrogen-bond donors (Lipinski definition) is 0. The molecular weight excluding hydrogens is 251 g/mol. The van der Waals surface area contributed by atoms with Crippen molar-refractivity contribution < 1.29 is 31.0 Å². The van der Waals surface area contributed by atoms with E-state index in [2.05, 4.69) is 67.6 Å². The van der Waals surface area contributed by atoms with Gasteiger partial charge in [0.05, 0.1) is 0 Å². The van der Waals surface area contributed by atoms with Gasteiger partial charge in [0.25, 0.3) is 0 Å². The van der Waals surface area contributed by atoms with Gasteiger partial charge in [-0.05, 0) is 18.1 Å². The van der Waals surface area contributed by atoms with Crippen LogP contribution in [0.2, 0.25) is 0 Å². The van der Waals surface area contributed by atoms with Crippen molar-refractivity contribution >= 4 is 0 Å². The topological polar surface area (TPSA) is 0 Å². The summed E-state index contributed by atoms with van der Waals surface area (Å²) in [7, 11) is 0. The van der Waals surface area contributed by atoms with Crippen LogP contribution >= 0.6 is 0 Å². The quantitative estimate of drug-likeness (QED) is 0.596. The maximum Gasteiger partial charge on any atom is 1.00 e. The van der Waals surface area contributed by atoms with Gasteiger partial charge in [-0.2, -0.15) is 0 Å². The molecule has 0 saturated heterocycles. The molecule has 96 valence electrons. The molecule has 0 heterocycles. The van der Waals surface area contributed by atoms with E-state index in [4.69, 9.17) is 0 Å². The van der Waals surface area contributed by atoms with Gasteiger partial charge in [-0.15, -0.1) is 0 Å². The van der Waals surface area contributed by atoms with Gasteiger partial charge in [0.1, 0.15) is 0 Å². The molecule has 20 heavy (non-hydrogen) atoms. The van der Waals surface area contributed by atoms with Gasteiger partial charge in [-0.3, -0.25) is 0 Å². The first-order valence-corrected chi connectivity index (χ1v) is 6.48. The van der Waals surface area contributed by atoms with Crippen LogP contribution in [0.3, 0.4) is 0 Å². The van der Waals surface area contributed by atoms with E-state index in [1.807, 2.05) is 30.3 Å². The third kappa shape index (κ3) is 5.75. The molecule has 0 aliphatic heterocycles. The van der Waals surface area contributed by atoms with Crippen LogP contribution in [0.25, 0.3) is 11.1 Å². The molecule has 0 spiro atoms. The smallest absolute Gasteiger partial charge is 1.00 e. The Balaban J connectivity index is 0.000000389.